The SMILES string of the molecule is COc1ccc(Nc2nc(C)cc(N3c4ccccc4CC3C)n2)c(OC)c1. The molecule has 2 aromatic carbocycles. The van der Waals surface area contributed by atoms with Gasteiger partial charge in [0.1, 0.15) is 17.3 Å². The average molecular weight is 376 g/mol. The second kappa shape index (κ2) is 7.38. The van der Waals surface area contributed by atoms with E-state index in [0.29, 0.717) is 17.7 Å². The van der Waals surface area contributed by atoms with Gasteiger partial charge in [-0.2, -0.15) is 4.98 Å². The van der Waals surface area contributed by atoms with Crippen LogP contribution in [0.3, 0.4) is 0 Å². The Bertz CT molecular complexity index is 1010. The van der Waals surface area contributed by atoms with E-state index in [2.05, 4.69) is 46.4 Å². The molecular weight excluding hydrogens is 352 g/mol. The summed E-state index contributed by atoms with van der Waals surface area (Å²) in [5.74, 6) is 2.83. The van der Waals surface area contributed by atoms with Gasteiger partial charge < -0.3 is 19.7 Å². The lowest BCUT2D eigenvalue weighted by molar-refractivity contribution is 0.395. The van der Waals surface area contributed by atoms with Gasteiger partial charge in [0.2, 0.25) is 5.95 Å². The van der Waals surface area contributed by atoms with E-state index in [-0.39, 0.29) is 0 Å². The number of benzene rings is 2. The van der Waals surface area contributed by atoms with Crippen LogP contribution in [-0.2, 0) is 6.42 Å². The average Bonchev–Trinajstić information content (AvgIpc) is 3.03. The zero-order chi connectivity index (χ0) is 19.7. The molecule has 6 heteroatoms. The number of hydrogen-bond donors (Lipinski definition) is 1. The van der Waals surface area contributed by atoms with Crippen LogP contribution in [0.5, 0.6) is 11.5 Å². The molecule has 0 radical (unpaired) electrons. The van der Waals surface area contributed by atoms with E-state index >= 15 is 0 Å². The van der Waals surface area contributed by atoms with Crippen molar-refractivity contribution in [1.82, 2.24) is 9.97 Å². The maximum Gasteiger partial charge on any atom is 0.229 e. The van der Waals surface area contributed by atoms with Crippen molar-refractivity contribution < 1.29 is 9.47 Å². The van der Waals surface area contributed by atoms with Gasteiger partial charge in [0.05, 0.1) is 19.9 Å². The Labute approximate surface area is 165 Å². The molecule has 1 atom stereocenters. The van der Waals surface area contributed by atoms with Gasteiger partial charge in [-0.05, 0) is 44.0 Å². The van der Waals surface area contributed by atoms with Gasteiger partial charge in [-0.1, -0.05) is 18.2 Å². The highest BCUT2D eigenvalue weighted by Crippen LogP contribution is 2.38. The smallest absolute Gasteiger partial charge is 0.229 e. The van der Waals surface area contributed by atoms with Crippen LogP contribution in [0, 0.1) is 6.92 Å². The number of nitrogens with one attached hydrogen (secondary N) is 1. The highest BCUT2D eigenvalue weighted by molar-refractivity contribution is 5.71. The van der Waals surface area contributed by atoms with E-state index in [9.17, 15) is 0 Å². The van der Waals surface area contributed by atoms with Crippen molar-refractivity contribution in [2.75, 3.05) is 24.4 Å². The first-order valence-corrected chi connectivity index (χ1v) is 9.31. The number of para-hydroxylation sites is 1. The molecule has 0 bridgehead atoms. The number of aromatic nitrogens is 2. The van der Waals surface area contributed by atoms with Crippen LogP contribution < -0.4 is 19.7 Å². The van der Waals surface area contributed by atoms with Crippen LogP contribution in [-0.4, -0.2) is 30.2 Å². The Hall–Kier alpha value is -3.28. The van der Waals surface area contributed by atoms with Gasteiger partial charge >= 0.3 is 0 Å². The lowest BCUT2D eigenvalue weighted by Gasteiger charge is -2.24. The van der Waals surface area contributed by atoms with E-state index in [1.165, 1.54) is 11.3 Å². The predicted molar refractivity (Wildman–Crippen MR) is 111 cm³/mol. The topological polar surface area (TPSA) is 59.5 Å². The molecule has 6 nitrogen and oxygen atoms in total. The number of anilines is 4. The molecule has 0 amide bonds. The summed E-state index contributed by atoms with van der Waals surface area (Å²) < 4.78 is 10.7. The summed E-state index contributed by atoms with van der Waals surface area (Å²) in [7, 11) is 3.26. The van der Waals surface area contributed by atoms with Crippen LogP contribution in [0.15, 0.2) is 48.5 Å². The van der Waals surface area contributed by atoms with Gasteiger partial charge in [-0.15, -0.1) is 0 Å². The van der Waals surface area contributed by atoms with E-state index in [0.717, 1.165) is 29.4 Å². The first-order chi connectivity index (χ1) is 13.6. The molecule has 3 aromatic rings. The Balaban J connectivity index is 1.69. The summed E-state index contributed by atoms with van der Waals surface area (Å²) in [5, 5.41) is 3.29. The van der Waals surface area contributed by atoms with Gasteiger partial charge in [0, 0.05) is 29.6 Å². The molecule has 4 rings (SSSR count). The van der Waals surface area contributed by atoms with Crippen LogP contribution in [0.4, 0.5) is 23.1 Å². The first-order valence-electron chi connectivity index (χ1n) is 9.31. The summed E-state index contributed by atoms with van der Waals surface area (Å²) in [6.45, 7) is 4.20. The monoisotopic (exact) mass is 376 g/mol. The number of nitrogens with zero attached hydrogens (tertiary/aromatic N) is 3. The van der Waals surface area contributed by atoms with Crippen LogP contribution in [0.25, 0.3) is 0 Å². The second-order valence-electron chi connectivity index (χ2n) is 6.93. The summed E-state index contributed by atoms with van der Waals surface area (Å²) >= 11 is 0. The Morgan fingerprint density at radius 3 is 2.64 bits per heavy atom. The molecule has 144 valence electrons. The maximum absolute atomic E-state index is 5.48. The third-order valence-corrected chi connectivity index (χ3v) is 4.95. The van der Waals surface area contributed by atoms with E-state index < -0.39 is 0 Å². The molecule has 0 saturated carbocycles. The van der Waals surface area contributed by atoms with Crippen LogP contribution in [0.2, 0.25) is 0 Å². The van der Waals surface area contributed by atoms with Crippen molar-refractivity contribution in [1.29, 1.82) is 0 Å². The minimum atomic E-state index is 0.343. The minimum absolute atomic E-state index is 0.343. The normalized spacial score (nSPS) is 15.3. The first kappa shape index (κ1) is 18.1. The van der Waals surface area contributed by atoms with Gasteiger partial charge in [-0.3, -0.25) is 0 Å². The zero-order valence-corrected chi connectivity index (χ0v) is 16.6. The van der Waals surface area contributed by atoms with E-state index in [4.69, 9.17) is 14.5 Å². The van der Waals surface area contributed by atoms with Crippen LogP contribution >= 0.6 is 0 Å². The molecule has 1 aliphatic heterocycles. The molecule has 28 heavy (non-hydrogen) atoms. The minimum Gasteiger partial charge on any atom is -0.497 e. The predicted octanol–water partition coefficient (Wildman–Crippen LogP) is 4.63. The molecule has 1 aromatic heterocycles. The standard InChI is InChI=1S/C22H24N4O2/c1-14-11-21(26-15(2)12-16-7-5-6-8-19(16)26)25-22(23-14)24-18-10-9-17(27-3)13-20(18)28-4/h5-11,13,15H,12H2,1-4H3,(H,23,24,25). The number of hydrogen-bond acceptors (Lipinski definition) is 6. The molecule has 0 fully saturated rings. The van der Waals surface area contributed by atoms with Crippen molar-refractivity contribution >= 4 is 23.1 Å². The molecule has 0 saturated heterocycles. The number of aryl methyl sites for hydroxylation is 1. The maximum atomic E-state index is 5.48. The fourth-order valence-corrected chi connectivity index (χ4v) is 3.67. The molecule has 0 spiro atoms. The lowest BCUT2D eigenvalue weighted by Crippen LogP contribution is -2.25. The van der Waals surface area contributed by atoms with Crippen molar-refractivity contribution in [3.8, 4) is 11.5 Å². The van der Waals surface area contributed by atoms with Crippen molar-refractivity contribution in [3.63, 3.8) is 0 Å². The Morgan fingerprint density at radius 2 is 1.86 bits per heavy atom. The third kappa shape index (κ3) is 3.33. The zero-order valence-electron chi connectivity index (χ0n) is 16.6. The van der Waals surface area contributed by atoms with Crippen molar-refractivity contribution in [3.05, 3.63) is 59.8 Å². The molecule has 1 unspecified atom stereocenters. The summed E-state index contributed by atoms with van der Waals surface area (Å²) in [6, 6.07) is 16.5. The highest BCUT2D eigenvalue weighted by atomic mass is 16.5. The molecular formula is C22H24N4O2. The van der Waals surface area contributed by atoms with Crippen molar-refractivity contribution in [2.45, 2.75) is 26.3 Å². The number of methoxy groups -OCH3 is 2. The molecule has 1 aliphatic rings. The number of rotatable bonds is 5. The van der Waals surface area contributed by atoms with Gasteiger partial charge in [0.15, 0.2) is 0 Å². The van der Waals surface area contributed by atoms with E-state index in [1.54, 1.807) is 14.2 Å². The number of ether oxygens (including phenoxy) is 2. The van der Waals surface area contributed by atoms with Crippen LogP contribution in [0.1, 0.15) is 18.2 Å². The molecule has 0 aliphatic carbocycles. The Morgan fingerprint density at radius 1 is 1.04 bits per heavy atom. The largest absolute Gasteiger partial charge is 0.497 e. The summed E-state index contributed by atoms with van der Waals surface area (Å²) in [4.78, 5) is 11.6. The Kier molecular flexibility index (Phi) is 4.77. The fraction of sp³-hybridized carbons (Fsp3) is 0.273. The molecule has 1 N–H and O–H groups in total. The van der Waals surface area contributed by atoms with E-state index in [1.807, 2.05) is 31.2 Å². The van der Waals surface area contributed by atoms with Crippen molar-refractivity contribution in [2.24, 2.45) is 0 Å². The summed E-state index contributed by atoms with van der Waals surface area (Å²) in [6.07, 6.45) is 1.01. The second-order valence-corrected chi connectivity index (χ2v) is 6.93. The quantitative estimate of drug-likeness (QED) is 0.701. The fourth-order valence-electron chi connectivity index (χ4n) is 3.67. The number of fused-ring (bicyclic) bond motifs is 1. The van der Waals surface area contributed by atoms with Gasteiger partial charge in [-0.25, -0.2) is 4.98 Å². The van der Waals surface area contributed by atoms with Gasteiger partial charge in [0.25, 0.3) is 0 Å². The summed E-state index contributed by atoms with van der Waals surface area (Å²) in [5.41, 5.74) is 4.24. The lowest BCUT2D eigenvalue weighted by atomic mass is 10.1. The third-order valence-electron chi connectivity index (χ3n) is 4.95. The highest BCUT2D eigenvalue weighted by Gasteiger charge is 2.28. The molecule has 2 heterocycles.